The number of nitrogens with two attached hydrogens (primary N) is 1. The molecule has 2 aromatic rings. The maximum Gasteiger partial charge on any atom is 0.149 e. The first-order chi connectivity index (χ1) is 7.65. The molecule has 84 valence electrons. The second kappa shape index (κ2) is 3.89. The average molecular weight is 217 g/mol. The van der Waals surface area contributed by atoms with E-state index >= 15 is 0 Å². The van der Waals surface area contributed by atoms with E-state index in [4.69, 9.17) is 10.5 Å². The number of hydrogen-bond donors (Lipinski definition) is 1. The van der Waals surface area contributed by atoms with Crippen LogP contribution in [0.3, 0.4) is 0 Å². The summed E-state index contributed by atoms with van der Waals surface area (Å²) in [6.45, 7) is 1.96. The average Bonchev–Trinajstić information content (AvgIpc) is 2.53. The van der Waals surface area contributed by atoms with Crippen molar-refractivity contribution in [2.45, 2.75) is 6.92 Å². The molecule has 1 heterocycles. The molecule has 0 saturated heterocycles. The summed E-state index contributed by atoms with van der Waals surface area (Å²) in [7, 11) is 3.54. The largest absolute Gasteiger partial charge is 0.496 e. The zero-order chi connectivity index (χ0) is 11.7. The summed E-state index contributed by atoms with van der Waals surface area (Å²) in [5, 5.41) is 4.20. The lowest BCUT2D eigenvalue weighted by molar-refractivity contribution is 0.416. The quantitative estimate of drug-likeness (QED) is 0.836. The van der Waals surface area contributed by atoms with E-state index in [1.807, 2.05) is 38.2 Å². The Bertz CT molecular complexity index is 517. The van der Waals surface area contributed by atoms with E-state index in [1.165, 1.54) is 0 Å². The molecule has 0 spiro atoms. The monoisotopic (exact) mass is 217 g/mol. The highest BCUT2D eigenvalue weighted by atomic mass is 16.5. The maximum absolute atomic E-state index is 5.80. The number of para-hydroxylation sites is 1. The van der Waals surface area contributed by atoms with Gasteiger partial charge in [-0.15, -0.1) is 0 Å². The van der Waals surface area contributed by atoms with E-state index in [-0.39, 0.29) is 0 Å². The van der Waals surface area contributed by atoms with Crippen LogP contribution in [-0.2, 0) is 7.05 Å². The molecule has 0 aliphatic carbocycles. The van der Waals surface area contributed by atoms with Crippen LogP contribution in [-0.4, -0.2) is 16.9 Å². The Hall–Kier alpha value is -1.97. The molecule has 2 rings (SSSR count). The first-order valence-electron chi connectivity index (χ1n) is 5.07. The lowest BCUT2D eigenvalue weighted by atomic mass is 10.1. The van der Waals surface area contributed by atoms with Gasteiger partial charge >= 0.3 is 0 Å². The number of methoxy groups -OCH3 is 1. The summed E-state index contributed by atoms with van der Waals surface area (Å²) >= 11 is 0. The van der Waals surface area contributed by atoms with E-state index in [9.17, 15) is 0 Å². The standard InChI is InChI=1S/C12H15N3O/c1-8-11(15(2)14-12(8)13)9-6-4-5-7-10(9)16-3/h4-7H,1-3H3,(H2,13,14). The van der Waals surface area contributed by atoms with Crippen molar-refractivity contribution in [2.75, 3.05) is 12.8 Å². The van der Waals surface area contributed by atoms with E-state index in [1.54, 1.807) is 11.8 Å². The topological polar surface area (TPSA) is 53.1 Å². The summed E-state index contributed by atoms with van der Waals surface area (Å²) in [6, 6.07) is 7.85. The molecule has 2 N–H and O–H groups in total. The van der Waals surface area contributed by atoms with Crippen LogP contribution in [0.5, 0.6) is 5.75 Å². The highest BCUT2D eigenvalue weighted by Gasteiger charge is 2.14. The van der Waals surface area contributed by atoms with Gasteiger partial charge in [0.2, 0.25) is 0 Å². The van der Waals surface area contributed by atoms with Crippen LogP contribution < -0.4 is 10.5 Å². The Morgan fingerprint density at radius 1 is 1.31 bits per heavy atom. The molecule has 0 unspecified atom stereocenters. The lowest BCUT2D eigenvalue weighted by Crippen LogP contribution is -1.96. The highest BCUT2D eigenvalue weighted by Crippen LogP contribution is 2.33. The molecule has 1 aromatic carbocycles. The van der Waals surface area contributed by atoms with Gasteiger partial charge in [0.15, 0.2) is 0 Å². The normalized spacial score (nSPS) is 10.4. The molecule has 0 radical (unpaired) electrons. The number of benzene rings is 1. The van der Waals surface area contributed by atoms with Gasteiger partial charge in [-0.05, 0) is 19.1 Å². The number of hydrogen-bond acceptors (Lipinski definition) is 3. The number of anilines is 1. The van der Waals surface area contributed by atoms with Crippen LogP contribution in [0.2, 0.25) is 0 Å². The van der Waals surface area contributed by atoms with Crippen LogP contribution in [0.4, 0.5) is 5.82 Å². The number of nitrogen functional groups attached to an aromatic ring is 1. The molecule has 1 aromatic heterocycles. The molecule has 0 fully saturated rings. The van der Waals surface area contributed by atoms with Crippen LogP contribution in [0.1, 0.15) is 5.56 Å². The van der Waals surface area contributed by atoms with Crippen LogP contribution in [0.15, 0.2) is 24.3 Å². The third kappa shape index (κ3) is 1.52. The van der Waals surface area contributed by atoms with E-state index in [0.29, 0.717) is 5.82 Å². The van der Waals surface area contributed by atoms with Gasteiger partial charge in [0.1, 0.15) is 11.6 Å². The van der Waals surface area contributed by atoms with Crippen molar-refractivity contribution in [1.29, 1.82) is 0 Å². The van der Waals surface area contributed by atoms with E-state index < -0.39 is 0 Å². The van der Waals surface area contributed by atoms with Gasteiger partial charge in [-0.25, -0.2) is 0 Å². The maximum atomic E-state index is 5.80. The fourth-order valence-corrected chi connectivity index (χ4v) is 1.87. The Labute approximate surface area is 94.6 Å². The Morgan fingerprint density at radius 3 is 2.56 bits per heavy atom. The van der Waals surface area contributed by atoms with Crippen molar-refractivity contribution >= 4 is 5.82 Å². The van der Waals surface area contributed by atoms with Crippen LogP contribution in [0.25, 0.3) is 11.3 Å². The molecule has 0 aliphatic heterocycles. The third-order valence-electron chi connectivity index (χ3n) is 2.68. The number of ether oxygens (including phenoxy) is 1. The highest BCUT2D eigenvalue weighted by molar-refractivity contribution is 5.73. The second-order valence-electron chi connectivity index (χ2n) is 3.68. The predicted octanol–water partition coefficient (Wildman–Crippen LogP) is 1.99. The zero-order valence-electron chi connectivity index (χ0n) is 9.69. The minimum Gasteiger partial charge on any atom is -0.496 e. The first kappa shape index (κ1) is 10.5. The molecule has 0 atom stereocenters. The van der Waals surface area contributed by atoms with Crippen molar-refractivity contribution in [3.63, 3.8) is 0 Å². The van der Waals surface area contributed by atoms with Gasteiger partial charge in [0.05, 0.1) is 12.8 Å². The molecule has 0 bridgehead atoms. The molecule has 16 heavy (non-hydrogen) atoms. The minimum absolute atomic E-state index is 0.559. The predicted molar refractivity (Wildman–Crippen MR) is 64.3 cm³/mol. The molecule has 4 heteroatoms. The van der Waals surface area contributed by atoms with Gasteiger partial charge in [-0.3, -0.25) is 4.68 Å². The lowest BCUT2D eigenvalue weighted by Gasteiger charge is -2.09. The van der Waals surface area contributed by atoms with Gasteiger partial charge < -0.3 is 10.5 Å². The van der Waals surface area contributed by atoms with E-state index in [0.717, 1.165) is 22.6 Å². The summed E-state index contributed by atoms with van der Waals surface area (Å²) in [5.41, 5.74) is 8.78. The smallest absolute Gasteiger partial charge is 0.149 e. The summed E-state index contributed by atoms with van der Waals surface area (Å²) < 4.78 is 7.12. The van der Waals surface area contributed by atoms with Gasteiger partial charge in [-0.1, -0.05) is 12.1 Å². The van der Waals surface area contributed by atoms with Gasteiger partial charge in [0, 0.05) is 18.2 Å². The van der Waals surface area contributed by atoms with Crippen molar-refractivity contribution < 1.29 is 4.74 Å². The van der Waals surface area contributed by atoms with Crippen molar-refractivity contribution in [3.8, 4) is 17.0 Å². The Kier molecular flexibility index (Phi) is 2.56. The fourth-order valence-electron chi connectivity index (χ4n) is 1.87. The van der Waals surface area contributed by atoms with Gasteiger partial charge in [-0.2, -0.15) is 5.10 Å². The van der Waals surface area contributed by atoms with Crippen LogP contribution in [0, 0.1) is 6.92 Å². The van der Waals surface area contributed by atoms with Gasteiger partial charge in [0.25, 0.3) is 0 Å². The molecule has 0 amide bonds. The minimum atomic E-state index is 0.559. The van der Waals surface area contributed by atoms with Crippen molar-refractivity contribution in [1.82, 2.24) is 9.78 Å². The Morgan fingerprint density at radius 2 is 2.00 bits per heavy atom. The fraction of sp³-hybridized carbons (Fsp3) is 0.250. The molecular formula is C12H15N3O. The van der Waals surface area contributed by atoms with Crippen molar-refractivity contribution in [3.05, 3.63) is 29.8 Å². The summed E-state index contributed by atoms with van der Waals surface area (Å²) in [4.78, 5) is 0. The number of aryl methyl sites for hydroxylation is 1. The van der Waals surface area contributed by atoms with E-state index in [2.05, 4.69) is 5.10 Å². The SMILES string of the molecule is COc1ccccc1-c1c(C)c(N)nn1C. The Balaban J connectivity index is 2.67. The molecule has 4 nitrogen and oxygen atoms in total. The molecule has 0 saturated carbocycles. The second-order valence-corrected chi connectivity index (χ2v) is 3.68. The molecular weight excluding hydrogens is 202 g/mol. The zero-order valence-corrected chi connectivity index (χ0v) is 9.69. The number of rotatable bonds is 2. The van der Waals surface area contributed by atoms with Crippen molar-refractivity contribution in [2.24, 2.45) is 7.05 Å². The number of aromatic nitrogens is 2. The summed E-state index contributed by atoms with van der Waals surface area (Å²) in [5.74, 6) is 1.39. The third-order valence-corrected chi connectivity index (χ3v) is 2.68. The first-order valence-corrected chi connectivity index (χ1v) is 5.07. The molecule has 0 aliphatic rings. The number of nitrogens with zero attached hydrogens (tertiary/aromatic N) is 2. The van der Waals surface area contributed by atoms with Crippen LogP contribution >= 0.6 is 0 Å². The summed E-state index contributed by atoms with van der Waals surface area (Å²) in [6.07, 6.45) is 0.